The Kier molecular flexibility index (Phi) is 12.8. The lowest BCUT2D eigenvalue weighted by atomic mass is 10.1. The second-order valence-corrected chi connectivity index (χ2v) is 11.4. The highest BCUT2D eigenvalue weighted by atomic mass is 35.5. The molecule has 0 spiro atoms. The largest absolute Gasteiger partial charge is 0.399 e. The van der Waals surface area contributed by atoms with E-state index >= 15 is 0 Å². The molecule has 0 aromatic heterocycles. The second-order valence-electron chi connectivity index (χ2n) is 7.97. The second kappa shape index (κ2) is 15.0. The van der Waals surface area contributed by atoms with E-state index < -0.39 is 0 Å². The summed E-state index contributed by atoms with van der Waals surface area (Å²) in [6.07, 6.45) is 0. The van der Waals surface area contributed by atoms with Gasteiger partial charge in [0.15, 0.2) is 0 Å². The average molecular weight is 643 g/mol. The summed E-state index contributed by atoms with van der Waals surface area (Å²) in [6, 6.07) is 31.6. The topological polar surface area (TPSA) is 52.0 Å². The highest BCUT2D eigenvalue weighted by Crippen LogP contribution is 2.38. The zero-order valence-corrected chi connectivity index (χ0v) is 25.7. The van der Waals surface area contributed by atoms with Crippen LogP contribution in [0.3, 0.4) is 0 Å². The van der Waals surface area contributed by atoms with Crippen LogP contribution in [0.15, 0.2) is 117 Å². The molecule has 0 saturated heterocycles. The summed E-state index contributed by atoms with van der Waals surface area (Å²) < 4.78 is 0. The zero-order valence-electron chi connectivity index (χ0n) is 20.2. The van der Waals surface area contributed by atoms with Crippen LogP contribution >= 0.6 is 83.1 Å². The molecule has 0 heterocycles. The van der Waals surface area contributed by atoms with Crippen LogP contribution in [0.2, 0.25) is 15.1 Å². The van der Waals surface area contributed by atoms with Gasteiger partial charge in [0.05, 0.1) is 10.0 Å². The Morgan fingerprint density at radius 1 is 0.553 bits per heavy atom. The van der Waals surface area contributed by atoms with Gasteiger partial charge < -0.3 is 11.5 Å². The molecule has 9 heteroatoms. The van der Waals surface area contributed by atoms with Crippen molar-refractivity contribution in [3.05, 3.63) is 118 Å². The number of fused-ring (bicyclic) bond motifs is 1. The number of nitrogens with two attached hydrogens (primary N) is 2. The van der Waals surface area contributed by atoms with Crippen LogP contribution in [0.5, 0.6) is 0 Å². The number of hydrogen-bond donors (Lipinski definition) is 2. The van der Waals surface area contributed by atoms with Crippen LogP contribution in [0.1, 0.15) is 5.56 Å². The molecular weight excluding hydrogens is 618 g/mol. The Morgan fingerprint density at radius 2 is 1.11 bits per heavy atom. The van der Waals surface area contributed by atoms with Crippen LogP contribution in [0.4, 0.5) is 11.4 Å². The summed E-state index contributed by atoms with van der Waals surface area (Å²) in [4.78, 5) is 4.35. The van der Waals surface area contributed by atoms with Crippen molar-refractivity contribution in [1.82, 2.24) is 0 Å². The fourth-order valence-electron chi connectivity index (χ4n) is 3.47. The van der Waals surface area contributed by atoms with Gasteiger partial charge in [0.25, 0.3) is 0 Å². The number of hydrogen-bond acceptors (Lipinski definition) is 4. The van der Waals surface area contributed by atoms with Crippen LogP contribution in [0, 0.1) is 6.92 Å². The monoisotopic (exact) mass is 640 g/mol. The minimum atomic E-state index is 0. The summed E-state index contributed by atoms with van der Waals surface area (Å²) in [5, 5.41) is 4.48. The third-order valence-electron chi connectivity index (χ3n) is 5.24. The first-order valence-electron chi connectivity index (χ1n) is 11.0. The van der Waals surface area contributed by atoms with Crippen LogP contribution in [-0.2, 0) is 0 Å². The average Bonchev–Trinajstić information content (AvgIpc) is 2.85. The SMILES string of the molecule is Cc1cc(N)ccc1Sc1ccc(Cl)cc1Cl.Cl.Cl.Nc1ccc(Sc2cccc3ccccc23)c(Cl)c1. The van der Waals surface area contributed by atoms with Gasteiger partial charge >= 0.3 is 0 Å². The third-order valence-corrected chi connectivity index (χ3v) is 8.73. The molecule has 0 atom stereocenters. The van der Waals surface area contributed by atoms with E-state index in [9.17, 15) is 0 Å². The number of benzene rings is 5. The van der Waals surface area contributed by atoms with Crippen LogP contribution in [0.25, 0.3) is 10.8 Å². The summed E-state index contributed by atoms with van der Waals surface area (Å²) in [7, 11) is 0. The molecule has 2 nitrogen and oxygen atoms in total. The van der Waals surface area contributed by atoms with Crippen molar-refractivity contribution < 1.29 is 0 Å². The van der Waals surface area contributed by atoms with E-state index in [0.29, 0.717) is 20.8 Å². The first-order valence-corrected chi connectivity index (χ1v) is 13.8. The summed E-state index contributed by atoms with van der Waals surface area (Å²) in [5.74, 6) is 0. The molecule has 0 bridgehead atoms. The lowest BCUT2D eigenvalue weighted by molar-refractivity contribution is 1.29. The predicted octanol–water partition coefficient (Wildman–Crippen LogP) is 11.1. The van der Waals surface area contributed by atoms with Gasteiger partial charge in [-0.3, -0.25) is 0 Å². The van der Waals surface area contributed by atoms with Gasteiger partial charge in [-0.25, -0.2) is 0 Å². The molecule has 0 saturated carbocycles. The van der Waals surface area contributed by atoms with E-state index in [2.05, 4.69) is 36.4 Å². The third kappa shape index (κ3) is 8.56. The van der Waals surface area contributed by atoms with Crippen molar-refractivity contribution in [3.63, 3.8) is 0 Å². The number of halogens is 5. The van der Waals surface area contributed by atoms with Crippen molar-refractivity contribution in [2.75, 3.05) is 11.5 Å². The summed E-state index contributed by atoms with van der Waals surface area (Å²) in [5.41, 5.74) is 14.0. The molecule has 0 aliphatic rings. The molecule has 198 valence electrons. The van der Waals surface area contributed by atoms with E-state index in [1.165, 1.54) is 15.7 Å². The highest BCUT2D eigenvalue weighted by Gasteiger charge is 2.07. The molecule has 0 amide bonds. The predicted molar refractivity (Wildman–Crippen MR) is 175 cm³/mol. The van der Waals surface area contributed by atoms with Gasteiger partial charge in [0, 0.05) is 36.0 Å². The Morgan fingerprint density at radius 3 is 1.76 bits per heavy atom. The Bertz CT molecular complexity index is 1470. The van der Waals surface area contributed by atoms with Crippen molar-refractivity contribution in [1.29, 1.82) is 0 Å². The summed E-state index contributed by atoms with van der Waals surface area (Å²) >= 11 is 21.5. The highest BCUT2D eigenvalue weighted by molar-refractivity contribution is 7.99. The molecule has 0 aliphatic carbocycles. The molecule has 0 unspecified atom stereocenters. The van der Waals surface area contributed by atoms with Crippen molar-refractivity contribution in [2.45, 2.75) is 26.5 Å². The van der Waals surface area contributed by atoms with E-state index in [-0.39, 0.29) is 24.8 Å². The van der Waals surface area contributed by atoms with Crippen molar-refractivity contribution >= 4 is 105 Å². The van der Waals surface area contributed by atoms with Gasteiger partial charge in [0.1, 0.15) is 0 Å². The van der Waals surface area contributed by atoms with Crippen molar-refractivity contribution in [3.8, 4) is 0 Å². The zero-order chi connectivity index (χ0) is 25.7. The molecule has 0 aliphatic heterocycles. The molecule has 5 aromatic rings. The number of nitrogen functional groups attached to an aromatic ring is 2. The standard InChI is InChI=1S/C16H12ClNS.C13H11Cl2NS.2ClH/c17-14-10-12(18)8-9-16(14)19-15-7-3-5-11-4-1-2-6-13(11)15;1-8-6-10(16)3-5-12(8)17-13-4-2-9(14)7-11(13)15;;/h1-10H,18H2;2-7H,16H2,1H3;2*1H. The lowest BCUT2D eigenvalue weighted by Crippen LogP contribution is -1.87. The fourth-order valence-corrected chi connectivity index (χ4v) is 6.15. The Balaban J connectivity index is 0.000000255. The number of aryl methyl sites for hydroxylation is 1. The molecule has 4 N–H and O–H groups in total. The Hall–Kier alpha value is -1.89. The number of anilines is 2. The Labute approximate surface area is 259 Å². The van der Waals surface area contributed by atoms with Gasteiger partial charge in [-0.15, -0.1) is 24.8 Å². The first-order chi connectivity index (χ1) is 17.3. The minimum Gasteiger partial charge on any atom is -0.399 e. The maximum absolute atomic E-state index is 6.23. The number of rotatable bonds is 4. The van der Waals surface area contributed by atoms with E-state index in [4.69, 9.17) is 46.3 Å². The van der Waals surface area contributed by atoms with E-state index in [1.807, 2.05) is 55.5 Å². The van der Waals surface area contributed by atoms with Crippen molar-refractivity contribution in [2.24, 2.45) is 0 Å². The smallest absolute Gasteiger partial charge is 0.0565 e. The normalized spacial score (nSPS) is 10.1. The molecule has 0 fully saturated rings. The molecule has 5 rings (SSSR count). The minimum absolute atomic E-state index is 0. The van der Waals surface area contributed by atoms with Gasteiger partial charge in [-0.2, -0.15) is 0 Å². The molecular formula is C29H25Cl5N2S2. The van der Waals surface area contributed by atoms with Crippen LogP contribution < -0.4 is 11.5 Å². The summed E-state index contributed by atoms with van der Waals surface area (Å²) in [6.45, 7) is 2.03. The fraction of sp³-hybridized carbons (Fsp3) is 0.0345. The quantitative estimate of drug-likeness (QED) is 0.192. The van der Waals surface area contributed by atoms with E-state index in [1.54, 1.807) is 35.7 Å². The maximum atomic E-state index is 6.23. The van der Waals surface area contributed by atoms with Gasteiger partial charge in [-0.05, 0) is 83.9 Å². The van der Waals surface area contributed by atoms with Gasteiger partial charge in [-0.1, -0.05) is 94.7 Å². The first kappa shape index (κ1) is 32.3. The molecule has 38 heavy (non-hydrogen) atoms. The molecule has 0 radical (unpaired) electrons. The lowest BCUT2D eigenvalue weighted by Gasteiger charge is -2.08. The van der Waals surface area contributed by atoms with Gasteiger partial charge in [0.2, 0.25) is 0 Å². The molecule has 5 aromatic carbocycles. The van der Waals surface area contributed by atoms with Crippen LogP contribution in [-0.4, -0.2) is 0 Å². The maximum Gasteiger partial charge on any atom is 0.0565 e. The van der Waals surface area contributed by atoms with E-state index in [0.717, 1.165) is 25.9 Å².